The van der Waals surface area contributed by atoms with Gasteiger partial charge in [-0.2, -0.15) is 5.10 Å². The fourth-order valence-electron chi connectivity index (χ4n) is 2.98. The van der Waals surface area contributed by atoms with Crippen molar-refractivity contribution in [3.8, 4) is 0 Å². The predicted octanol–water partition coefficient (Wildman–Crippen LogP) is 2.75. The van der Waals surface area contributed by atoms with Crippen LogP contribution >= 0.6 is 0 Å². The van der Waals surface area contributed by atoms with E-state index in [1.165, 1.54) is 12.8 Å². The summed E-state index contributed by atoms with van der Waals surface area (Å²) in [5, 5.41) is 14.3. The highest BCUT2D eigenvalue weighted by Gasteiger charge is 2.26. The largest absolute Gasteiger partial charge is 0.316 e. The summed E-state index contributed by atoms with van der Waals surface area (Å²) in [7, 11) is 1.87. The van der Waals surface area contributed by atoms with E-state index in [1.54, 1.807) is 4.68 Å². The zero-order chi connectivity index (χ0) is 16.6. The summed E-state index contributed by atoms with van der Waals surface area (Å²) >= 11 is 0. The molecule has 2 heterocycles. The lowest BCUT2D eigenvalue weighted by Gasteiger charge is -2.12. The molecule has 0 aliphatic heterocycles. The second-order valence-corrected chi connectivity index (χ2v) is 7.29. The van der Waals surface area contributed by atoms with Gasteiger partial charge < -0.3 is 5.32 Å². The number of aryl methyl sites for hydroxylation is 1. The van der Waals surface area contributed by atoms with Crippen molar-refractivity contribution in [1.29, 1.82) is 0 Å². The molecule has 1 amide bonds. The molecule has 7 heteroatoms. The number of rotatable bonds is 3. The molecular weight excluding hydrogens is 292 g/mol. The van der Waals surface area contributed by atoms with Crippen LogP contribution in [0.3, 0.4) is 0 Å². The first kappa shape index (κ1) is 15.7. The molecule has 1 aliphatic rings. The minimum Gasteiger partial charge on any atom is -0.316 e. The Bertz CT molecular complexity index is 702. The van der Waals surface area contributed by atoms with Gasteiger partial charge in [0.05, 0.1) is 11.4 Å². The minimum atomic E-state index is -0.302. The Morgan fingerprint density at radius 1 is 1.35 bits per heavy atom. The molecule has 0 saturated heterocycles. The van der Waals surface area contributed by atoms with Crippen molar-refractivity contribution in [2.75, 3.05) is 5.32 Å². The molecule has 0 spiro atoms. The van der Waals surface area contributed by atoms with Crippen LogP contribution < -0.4 is 5.32 Å². The first-order valence-corrected chi connectivity index (χ1v) is 8.12. The fourth-order valence-corrected chi connectivity index (χ4v) is 2.98. The average molecular weight is 316 g/mol. The molecule has 0 unspecified atom stereocenters. The van der Waals surface area contributed by atoms with Gasteiger partial charge in [0.25, 0.3) is 5.91 Å². The van der Waals surface area contributed by atoms with E-state index < -0.39 is 0 Å². The second-order valence-electron chi connectivity index (χ2n) is 7.29. The molecule has 23 heavy (non-hydrogen) atoms. The number of H-pyrrole nitrogens is 1. The molecule has 2 N–H and O–H groups in total. The summed E-state index contributed by atoms with van der Waals surface area (Å²) in [4.78, 5) is 16.7. The second kappa shape index (κ2) is 5.79. The first-order chi connectivity index (χ1) is 10.8. The molecule has 1 saturated carbocycles. The quantitative estimate of drug-likeness (QED) is 0.911. The van der Waals surface area contributed by atoms with Crippen LogP contribution in [0.4, 0.5) is 5.69 Å². The smallest absolute Gasteiger partial charge is 0.295 e. The third-order valence-electron chi connectivity index (χ3n) is 4.25. The van der Waals surface area contributed by atoms with Gasteiger partial charge in [0.15, 0.2) is 0 Å². The SMILES string of the molecule is Cn1cc(NC(=O)c2n[nH]c(C(C)(C)C)n2)c(C2CCCC2)n1. The number of amides is 1. The van der Waals surface area contributed by atoms with Crippen LogP contribution in [0.25, 0.3) is 0 Å². The van der Waals surface area contributed by atoms with Crippen molar-refractivity contribution in [2.24, 2.45) is 7.05 Å². The predicted molar refractivity (Wildman–Crippen MR) is 87.5 cm³/mol. The van der Waals surface area contributed by atoms with Gasteiger partial charge in [-0.25, -0.2) is 4.98 Å². The number of aromatic nitrogens is 5. The molecule has 2 aromatic rings. The summed E-state index contributed by atoms with van der Waals surface area (Å²) in [6.45, 7) is 6.07. The summed E-state index contributed by atoms with van der Waals surface area (Å²) in [5.74, 6) is 0.994. The highest BCUT2D eigenvalue weighted by atomic mass is 16.2. The fraction of sp³-hybridized carbons (Fsp3) is 0.625. The van der Waals surface area contributed by atoms with Gasteiger partial charge in [-0.1, -0.05) is 33.6 Å². The molecule has 7 nitrogen and oxygen atoms in total. The zero-order valence-corrected chi connectivity index (χ0v) is 14.2. The van der Waals surface area contributed by atoms with Crippen molar-refractivity contribution < 1.29 is 4.79 Å². The molecule has 2 aromatic heterocycles. The van der Waals surface area contributed by atoms with Crippen LogP contribution in [-0.2, 0) is 12.5 Å². The number of carbonyl (C=O) groups excluding carboxylic acids is 1. The number of hydrogen-bond donors (Lipinski definition) is 2. The van der Waals surface area contributed by atoms with Gasteiger partial charge in [0.1, 0.15) is 5.82 Å². The zero-order valence-electron chi connectivity index (χ0n) is 14.2. The Balaban J connectivity index is 1.79. The molecular formula is C16H24N6O. The standard InChI is InChI=1S/C16H24N6O/c1-16(2,3)15-18-13(19-20-15)14(23)17-11-9-22(4)21-12(11)10-7-5-6-8-10/h9-10H,5-8H2,1-4H3,(H,17,23)(H,18,19,20). The maximum atomic E-state index is 12.4. The van der Waals surface area contributed by atoms with Crippen molar-refractivity contribution in [3.63, 3.8) is 0 Å². The van der Waals surface area contributed by atoms with E-state index in [0.29, 0.717) is 11.7 Å². The van der Waals surface area contributed by atoms with Gasteiger partial charge in [-0.3, -0.25) is 14.6 Å². The monoisotopic (exact) mass is 316 g/mol. The van der Waals surface area contributed by atoms with E-state index >= 15 is 0 Å². The summed E-state index contributed by atoms with van der Waals surface area (Å²) < 4.78 is 1.75. The Morgan fingerprint density at radius 2 is 2.04 bits per heavy atom. The number of carbonyl (C=O) groups is 1. The third kappa shape index (κ3) is 3.28. The molecule has 1 aliphatic carbocycles. The van der Waals surface area contributed by atoms with Crippen LogP contribution in [0.15, 0.2) is 6.20 Å². The summed E-state index contributed by atoms with van der Waals surface area (Å²) in [6, 6.07) is 0. The number of nitrogens with zero attached hydrogens (tertiary/aromatic N) is 4. The average Bonchev–Trinajstić information content (AvgIpc) is 3.17. The van der Waals surface area contributed by atoms with Gasteiger partial charge in [0, 0.05) is 24.6 Å². The minimum absolute atomic E-state index is 0.163. The van der Waals surface area contributed by atoms with Crippen molar-refractivity contribution in [3.05, 3.63) is 23.5 Å². The highest BCUT2D eigenvalue weighted by Crippen LogP contribution is 2.36. The number of anilines is 1. The van der Waals surface area contributed by atoms with Crippen molar-refractivity contribution >= 4 is 11.6 Å². The molecule has 0 bridgehead atoms. The van der Waals surface area contributed by atoms with Crippen LogP contribution in [-0.4, -0.2) is 30.9 Å². The maximum absolute atomic E-state index is 12.4. The number of aromatic amines is 1. The van der Waals surface area contributed by atoms with E-state index in [-0.39, 0.29) is 17.1 Å². The number of nitrogens with one attached hydrogen (secondary N) is 2. The highest BCUT2D eigenvalue weighted by molar-refractivity contribution is 6.01. The van der Waals surface area contributed by atoms with Gasteiger partial charge >= 0.3 is 0 Å². The van der Waals surface area contributed by atoms with Gasteiger partial charge in [-0.05, 0) is 12.8 Å². The lowest BCUT2D eigenvalue weighted by molar-refractivity contribution is 0.101. The molecule has 124 valence electrons. The Kier molecular flexibility index (Phi) is 3.95. The van der Waals surface area contributed by atoms with Gasteiger partial charge in [0.2, 0.25) is 5.82 Å². The van der Waals surface area contributed by atoms with E-state index in [4.69, 9.17) is 0 Å². The number of hydrogen-bond acceptors (Lipinski definition) is 4. The topological polar surface area (TPSA) is 88.5 Å². The van der Waals surface area contributed by atoms with Crippen LogP contribution in [0.1, 0.15) is 74.5 Å². The lowest BCUT2D eigenvalue weighted by atomic mass is 9.96. The van der Waals surface area contributed by atoms with E-state index in [9.17, 15) is 4.79 Å². The van der Waals surface area contributed by atoms with Crippen LogP contribution in [0, 0.1) is 0 Å². The molecule has 3 rings (SSSR count). The van der Waals surface area contributed by atoms with E-state index in [2.05, 4.69) is 25.6 Å². The van der Waals surface area contributed by atoms with E-state index in [0.717, 1.165) is 24.2 Å². The van der Waals surface area contributed by atoms with Crippen molar-refractivity contribution in [2.45, 2.75) is 57.8 Å². The van der Waals surface area contributed by atoms with Crippen molar-refractivity contribution in [1.82, 2.24) is 25.0 Å². The molecule has 0 aromatic carbocycles. The van der Waals surface area contributed by atoms with Crippen LogP contribution in [0.2, 0.25) is 0 Å². The lowest BCUT2D eigenvalue weighted by Crippen LogP contribution is -2.16. The van der Waals surface area contributed by atoms with E-state index in [1.807, 2.05) is 34.0 Å². The Morgan fingerprint density at radius 3 is 2.65 bits per heavy atom. The molecule has 0 radical (unpaired) electrons. The summed E-state index contributed by atoms with van der Waals surface area (Å²) in [5.41, 5.74) is 1.57. The maximum Gasteiger partial charge on any atom is 0.295 e. The first-order valence-electron chi connectivity index (χ1n) is 8.12. The Labute approximate surface area is 135 Å². The summed E-state index contributed by atoms with van der Waals surface area (Å²) in [6.07, 6.45) is 6.57. The molecule has 0 atom stereocenters. The normalized spacial score (nSPS) is 16.0. The van der Waals surface area contributed by atoms with Gasteiger partial charge in [-0.15, -0.1) is 5.10 Å². The molecule has 1 fully saturated rings. The Hall–Kier alpha value is -2.18. The third-order valence-corrected chi connectivity index (χ3v) is 4.25. The van der Waals surface area contributed by atoms with Crippen LogP contribution in [0.5, 0.6) is 0 Å².